The van der Waals surface area contributed by atoms with Crippen LogP contribution in [0.25, 0.3) is 0 Å². The second-order valence-electron chi connectivity index (χ2n) is 0.500. The summed E-state index contributed by atoms with van der Waals surface area (Å²) in [5.74, 6) is 0. The third kappa shape index (κ3) is 49.5. The molecule has 32 valence electrons. The molecule has 0 aromatic heterocycles. The van der Waals surface area contributed by atoms with Crippen LogP contribution in [0, 0.1) is 0 Å². The molecular formula is O4Rb4Ti. The Labute approximate surface area is 255 Å². The van der Waals surface area contributed by atoms with Crippen molar-refractivity contribution in [1.29, 1.82) is 0 Å². The van der Waals surface area contributed by atoms with Gasteiger partial charge in [0.2, 0.25) is 0 Å². The minimum atomic E-state index is -6.00. The van der Waals surface area contributed by atoms with Crippen molar-refractivity contribution in [2.75, 3.05) is 0 Å². The Morgan fingerprint density at radius 1 is 0.556 bits per heavy atom. The van der Waals surface area contributed by atoms with Crippen LogP contribution in [-0.4, -0.2) is 0 Å². The zero-order chi connectivity index (χ0) is 4.50. The fourth-order valence-electron chi connectivity index (χ4n) is 0. The predicted octanol–water partition coefficient (Wildman–Crippen LogP) is -16.7. The van der Waals surface area contributed by atoms with E-state index in [2.05, 4.69) is 0 Å². The predicted molar refractivity (Wildman–Crippen MR) is 0 cm³/mol. The summed E-state index contributed by atoms with van der Waals surface area (Å²) in [4.78, 5) is 0. The third-order valence-electron chi connectivity index (χ3n) is 0. The molecule has 4 nitrogen and oxygen atoms in total. The molecule has 0 bridgehead atoms. The molecule has 0 aromatic rings. The van der Waals surface area contributed by atoms with Gasteiger partial charge in [0, 0.05) is 0 Å². The molecule has 9 heteroatoms. The third-order valence-corrected chi connectivity index (χ3v) is 0. The largest absolute Gasteiger partial charge is 1.00 e. The molecule has 0 amide bonds. The van der Waals surface area contributed by atoms with Crippen LogP contribution in [0.3, 0.4) is 0 Å². The SMILES string of the molecule is [O-][Ti]([O-])([O-])[O-].[Rb+].[Rb+].[Rb+].[Rb+]. The van der Waals surface area contributed by atoms with Crippen molar-refractivity contribution < 1.29 is 266 Å². The summed E-state index contributed by atoms with van der Waals surface area (Å²) >= 11 is -6.00. The van der Waals surface area contributed by atoms with E-state index in [0.717, 1.165) is 0 Å². The van der Waals surface area contributed by atoms with Gasteiger partial charge in [0.1, 0.15) is 0 Å². The van der Waals surface area contributed by atoms with Crippen LogP contribution in [0.5, 0.6) is 0 Å². The van der Waals surface area contributed by atoms with Crippen molar-refractivity contribution in [2.24, 2.45) is 0 Å². The Kier molecular flexibility index (Phi) is 60.7. The molecule has 0 aliphatic heterocycles. The van der Waals surface area contributed by atoms with Gasteiger partial charge < -0.3 is 0 Å². The van der Waals surface area contributed by atoms with Crippen LogP contribution < -0.4 is 248 Å². The van der Waals surface area contributed by atoms with Crippen LogP contribution in [0.4, 0.5) is 0 Å². The number of hydrogen-bond donors (Lipinski definition) is 0. The van der Waals surface area contributed by atoms with Gasteiger partial charge in [-0.25, -0.2) is 0 Å². The summed E-state index contributed by atoms with van der Waals surface area (Å²) < 4.78 is 34.5. The van der Waals surface area contributed by atoms with Gasteiger partial charge >= 0.3 is 266 Å². The topological polar surface area (TPSA) is 92.2 Å². The van der Waals surface area contributed by atoms with E-state index in [4.69, 9.17) is 14.8 Å². The molecule has 0 heterocycles. The molecule has 0 fully saturated rings. The monoisotopic (exact) mass is 452 g/mol. The first-order valence-electron chi connectivity index (χ1n) is 0.816. The average molecular weight is 454 g/mol. The van der Waals surface area contributed by atoms with Gasteiger partial charge in [-0.2, -0.15) is 0 Å². The summed E-state index contributed by atoms with van der Waals surface area (Å²) in [5.41, 5.74) is 0. The Bertz CT molecular complexity index is 28.0. The zero-order valence-electron chi connectivity index (χ0n) is 6.13. The maximum absolute atomic E-state index is 8.62. The van der Waals surface area contributed by atoms with Crippen molar-refractivity contribution in [2.45, 2.75) is 0 Å². The fourth-order valence-corrected chi connectivity index (χ4v) is 0. The smallest absolute Gasteiger partial charge is 1.00 e. The van der Waals surface area contributed by atoms with Crippen LogP contribution in [-0.2, 0) is 18.1 Å². The van der Waals surface area contributed by atoms with Crippen LogP contribution in [0.1, 0.15) is 0 Å². The molecule has 0 saturated heterocycles. The van der Waals surface area contributed by atoms with Crippen LogP contribution in [0.15, 0.2) is 0 Å². The van der Waals surface area contributed by atoms with E-state index in [0.29, 0.717) is 0 Å². The standard InChI is InChI=1S/4O.4Rb.Ti/q4*-1;4*+1;. The first-order valence-corrected chi connectivity index (χ1v) is 3.37. The van der Waals surface area contributed by atoms with Crippen molar-refractivity contribution in [3.8, 4) is 0 Å². The molecule has 0 saturated carbocycles. The maximum Gasteiger partial charge on any atom is 1.00 e. The summed E-state index contributed by atoms with van der Waals surface area (Å²) in [6, 6.07) is 0. The summed E-state index contributed by atoms with van der Waals surface area (Å²) in [6.45, 7) is 0. The van der Waals surface area contributed by atoms with Gasteiger partial charge in [0.25, 0.3) is 0 Å². The molecule has 0 unspecified atom stereocenters. The van der Waals surface area contributed by atoms with E-state index in [1.165, 1.54) is 0 Å². The fraction of sp³-hybridized carbons (Fsp3) is 0. The molecule has 0 rings (SSSR count). The van der Waals surface area contributed by atoms with Gasteiger partial charge in [-0.1, -0.05) is 0 Å². The first-order chi connectivity index (χ1) is 2.00. The summed E-state index contributed by atoms with van der Waals surface area (Å²) in [7, 11) is 0. The maximum atomic E-state index is 8.62. The van der Waals surface area contributed by atoms with E-state index in [1.54, 1.807) is 0 Å². The Morgan fingerprint density at radius 3 is 0.556 bits per heavy atom. The van der Waals surface area contributed by atoms with Gasteiger partial charge in [-0.05, 0) is 0 Å². The van der Waals surface area contributed by atoms with Gasteiger partial charge in [0.05, 0.1) is 0 Å². The number of rotatable bonds is 0. The van der Waals surface area contributed by atoms with E-state index in [9.17, 15) is 0 Å². The molecule has 0 radical (unpaired) electrons. The molecule has 0 atom stereocenters. The molecule has 0 aliphatic carbocycles. The Morgan fingerprint density at radius 2 is 0.556 bits per heavy atom. The molecule has 9 heavy (non-hydrogen) atoms. The van der Waals surface area contributed by atoms with Gasteiger partial charge in [-0.3, -0.25) is 0 Å². The Hall–Kier alpha value is 7.78. The molecular weight excluding hydrogens is 454 g/mol. The number of hydrogen-bond acceptors (Lipinski definition) is 4. The summed E-state index contributed by atoms with van der Waals surface area (Å²) in [6.07, 6.45) is 0. The van der Waals surface area contributed by atoms with E-state index in [-0.39, 0.29) is 233 Å². The average Bonchev–Trinajstić information content (AvgIpc) is 0.722. The first kappa shape index (κ1) is 30.1. The van der Waals surface area contributed by atoms with Gasteiger partial charge in [-0.15, -0.1) is 0 Å². The van der Waals surface area contributed by atoms with Crippen molar-refractivity contribution >= 4 is 0 Å². The van der Waals surface area contributed by atoms with Crippen molar-refractivity contribution in [3.63, 3.8) is 0 Å². The van der Waals surface area contributed by atoms with E-state index < -0.39 is 18.1 Å². The molecule has 0 aromatic carbocycles. The minimum Gasteiger partial charge on any atom is 1.00 e. The quantitative estimate of drug-likeness (QED) is 0.341. The second-order valence-corrected chi connectivity index (χ2v) is 2.06. The van der Waals surface area contributed by atoms with E-state index >= 15 is 0 Å². The summed E-state index contributed by atoms with van der Waals surface area (Å²) in [5, 5.41) is 0. The van der Waals surface area contributed by atoms with Crippen molar-refractivity contribution in [3.05, 3.63) is 0 Å². The molecule has 0 N–H and O–H groups in total. The van der Waals surface area contributed by atoms with Crippen LogP contribution >= 0.6 is 0 Å². The zero-order valence-corrected chi connectivity index (χ0v) is 27.4. The van der Waals surface area contributed by atoms with Crippen LogP contribution in [0.2, 0.25) is 0 Å². The Balaban J connectivity index is -0.0000000133. The molecule has 0 aliphatic rings. The van der Waals surface area contributed by atoms with Crippen molar-refractivity contribution in [1.82, 2.24) is 0 Å². The van der Waals surface area contributed by atoms with E-state index in [1.807, 2.05) is 0 Å². The van der Waals surface area contributed by atoms with Gasteiger partial charge in [0.15, 0.2) is 0 Å². The minimum absolute atomic E-state index is 0. The molecule has 0 spiro atoms. The second kappa shape index (κ2) is 18.1. The normalized spacial score (nSPS) is 6.67.